The van der Waals surface area contributed by atoms with Crippen LogP contribution in [-0.2, 0) is 25.7 Å². The summed E-state index contributed by atoms with van der Waals surface area (Å²) in [6.07, 6.45) is 19.3. The summed E-state index contributed by atoms with van der Waals surface area (Å²) in [5.74, 6) is 6.79. The maximum absolute atomic E-state index is 11.9. The third-order valence-electron chi connectivity index (χ3n) is 7.17. The van der Waals surface area contributed by atoms with E-state index in [2.05, 4.69) is 49.5 Å². The monoisotopic (exact) mass is 492 g/mol. The summed E-state index contributed by atoms with van der Waals surface area (Å²) in [4.78, 5) is 30.5. The number of aromatic nitrogens is 2. The minimum atomic E-state index is 0.686. The molecule has 198 valence electrons. The van der Waals surface area contributed by atoms with Crippen molar-refractivity contribution >= 4 is 12.6 Å². The first-order valence-corrected chi connectivity index (χ1v) is 14.5. The molecule has 0 aromatic carbocycles. The van der Waals surface area contributed by atoms with Gasteiger partial charge in [0, 0.05) is 0 Å². The van der Waals surface area contributed by atoms with Crippen LogP contribution in [0.3, 0.4) is 0 Å². The van der Waals surface area contributed by atoms with Crippen LogP contribution < -0.4 is 0 Å². The lowest BCUT2D eigenvalue weighted by atomic mass is 9.96. The molecule has 4 nitrogen and oxygen atoms in total. The van der Waals surface area contributed by atoms with E-state index in [4.69, 9.17) is 0 Å². The molecule has 2 aromatic heterocycles. The van der Waals surface area contributed by atoms with Crippen molar-refractivity contribution in [3.05, 3.63) is 45.0 Å². The molecule has 0 aliphatic carbocycles. The van der Waals surface area contributed by atoms with Gasteiger partial charge in [0.05, 0.1) is 22.8 Å². The lowest BCUT2D eigenvalue weighted by Crippen LogP contribution is -1.97. The number of hydrogen-bond acceptors (Lipinski definition) is 2. The van der Waals surface area contributed by atoms with Crippen molar-refractivity contribution in [1.29, 1.82) is 0 Å². The minimum absolute atomic E-state index is 0.686. The van der Waals surface area contributed by atoms with Crippen LogP contribution in [0.5, 0.6) is 0 Å². The average molecular weight is 493 g/mol. The number of aldehydes is 2. The summed E-state index contributed by atoms with van der Waals surface area (Å²) in [5.41, 5.74) is 7.85. The van der Waals surface area contributed by atoms with Gasteiger partial charge in [-0.1, -0.05) is 79.1 Å². The SMILES string of the molecule is CCCCCc1c(C#Cc2[nH]c(C=O)c(CCCCC)c2CCCCC)[nH]c(C=O)c1CCCCC. The molecule has 0 amide bonds. The molecule has 0 saturated carbocycles. The van der Waals surface area contributed by atoms with Crippen LogP contribution in [0.25, 0.3) is 0 Å². The molecule has 0 spiro atoms. The predicted molar refractivity (Wildman–Crippen MR) is 151 cm³/mol. The van der Waals surface area contributed by atoms with Crippen LogP contribution in [0.15, 0.2) is 0 Å². The summed E-state index contributed by atoms with van der Waals surface area (Å²) in [5, 5.41) is 0. The van der Waals surface area contributed by atoms with Crippen LogP contribution in [0.2, 0.25) is 0 Å². The zero-order chi connectivity index (χ0) is 26.2. The van der Waals surface area contributed by atoms with E-state index in [1.54, 1.807) is 0 Å². The molecule has 0 aliphatic rings. The molecule has 2 heterocycles. The van der Waals surface area contributed by atoms with E-state index in [1.165, 1.54) is 24.0 Å². The molecular weight excluding hydrogens is 444 g/mol. The van der Waals surface area contributed by atoms with Crippen LogP contribution in [-0.4, -0.2) is 22.5 Å². The predicted octanol–water partition coefficient (Wildman–Crippen LogP) is 8.30. The lowest BCUT2D eigenvalue weighted by Gasteiger charge is -2.06. The highest BCUT2D eigenvalue weighted by molar-refractivity contribution is 5.78. The number of carbonyl (C=O) groups is 2. The maximum atomic E-state index is 11.9. The molecule has 2 N–H and O–H groups in total. The number of carbonyl (C=O) groups excluding carboxylic acids is 2. The van der Waals surface area contributed by atoms with E-state index in [1.807, 2.05) is 0 Å². The Labute approximate surface area is 219 Å². The van der Waals surface area contributed by atoms with Gasteiger partial charge in [-0.2, -0.15) is 0 Å². The fraction of sp³-hybridized carbons (Fsp3) is 0.625. The molecule has 36 heavy (non-hydrogen) atoms. The molecule has 0 atom stereocenters. The van der Waals surface area contributed by atoms with Gasteiger partial charge in [-0.15, -0.1) is 0 Å². The number of aromatic amines is 2. The summed E-state index contributed by atoms with van der Waals surface area (Å²) in [7, 11) is 0. The lowest BCUT2D eigenvalue weighted by molar-refractivity contribution is 0.111. The Bertz CT molecular complexity index is 921. The third-order valence-corrected chi connectivity index (χ3v) is 7.17. The smallest absolute Gasteiger partial charge is 0.166 e. The van der Waals surface area contributed by atoms with E-state index in [0.717, 1.165) is 125 Å². The van der Waals surface area contributed by atoms with Crippen molar-refractivity contribution in [2.24, 2.45) is 0 Å². The van der Waals surface area contributed by atoms with E-state index < -0.39 is 0 Å². The Kier molecular flexibility index (Phi) is 14.0. The van der Waals surface area contributed by atoms with Gasteiger partial charge in [-0.05, 0) is 85.5 Å². The van der Waals surface area contributed by atoms with Crippen LogP contribution >= 0.6 is 0 Å². The Morgan fingerprint density at radius 3 is 1.08 bits per heavy atom. The van der Waals surface area contributed by atoms with Crippen LogP contribution in [0.4, 0.5) is 0 Å². The molecule has 0 bridgehead atoms. The minimum Gasteiger partial charge on any atom is -0.345 e. The van der Waals surface area contributed by atoms with Crippen molar-refractivity contribution in [2.45, 2.75) is 130 Å². The molecule has 2 aromatic rings. The number of rotatable bonds is 18. The molecule has 0 radical (unpaired) electrons. The van der Waals surface area contributed by atoms with E-state index >= 15 is 0 Å². The van der Waals surface area contributed by atoms with Crippen molar-refractivity contribution in [3.8, 4) is 11.8 Å². The summed E-state index contributed by atoms with van der Waals surface area (Å²) in [6, 6.07) is 0. The fourth-order valence-corrected chi connectivity index (χ4v) is 5.07. The molecule has 4 heteroatoms. The van der Waals surface area contributed by atoms with Crippen molar-refractivity contribution in [1.82, 2.24) is 9.97 Å². The summed E-state index contributed by atoms with van der Waals surface area (Å²) < 4.78 is 0. The van der Waals surface area contributed by atoms with Crippen LogP contribution in [0.1, 0.15) is 159 Å². The highest BCUT2D eigenvalue weighted by atomic mass is 16.1. The second-order valence-electron chi connectivity index (χ2n) is 10.1. The summed E-state index contributed by atoms with van der Waals surface area (Å²) >= 11 is 0. The van der Waals surface area contributed by atoms with Gasteiger partial charge in [0.2, 0.25) is 0 Å². The third kappa shape index (κ3) is 8.54. The topological polar surface area (TPSA) is 65.7 Å². The van der Waals surface area contributed by atoms with Gasteiger partial charge in [-0.25, -0.2) is 0 Å². The molecule has 0 saturated heterocycles. The zero-order valence-electron chi connectivity index (χ0n) is 23.3. The Morgan fingerprint density at radius 2 is 0.806 bits per heavy atom. The standard InChI is InChI=1S/C32H48N2O2/c1-5-9-13-17-25-27(19-15-11-7-3)31(23-35)33-29(25)21-22-30-26(18-14-10-6-2)28(20-16-12-8-4)32(24-36)34-30/h23-24,33-34H,5-20H2,1-4H3. The van der Waals surface area contributed by atoms with E-state index in [0.29, 0.717) is 11.4 Å². The second-order valence-corrected chi connectivity index (χ2v) is 10.1. The van der Waals surface area contributed by atoms with Gasteiger partial charge < -0.3 is 9.97 Å². The van der Waals surface area contributed by atoms with Crippen molar-refractivity contribution < 1.29 is 9.59 Å². The maximum Gasteiger partial charge on any atom is 0.166 e. The number of H-pyrrole nitrogens is 2. The van der Waals surface area contributed by atoms with E-state index in [-0.39, 0.29) is 0 Å². The van der Waals surface area contributed by atoms with Gasteiger partial charge in [0.25, 0.3) is 0 Å². The van der Waals surface area contributed by atoms with Crippen molar-refractivity contribution in [2.75, 3.05) is 0 Å². The average Bonchev–Trinajstić information content (AvgIpc) is 3.40. The number of nitrogens with one attached hydrogen (secondary N) is 2. The highest BCUT2D eigenvalue weighted by Gasteiger charge is 2.18. The molecule has 2 rings (SSSR count). The zero-order valence-corrected chi connectivity index (χ0v) is 23.3. The van der Waals surface area contributed by atoms with Crippen LogP contribution in [0, 0.1) is 11.8 Å². The molecule has 0 fully saturated rings. The number of hydrogen-bond donors (Lipinski definition) is 2. The Hall–Kier alpha value is -2.54. The van der Waals surface area contributed by atoms with E-state index in [9.17, 15) is 9.59 Å². The second kappa shape index (κ2) is 17.0. The number of unbranched alkanes of at least 4 members (excludes halogenated alkanes) is 8. The fourth-order valence-electron chi connectivity index (χ4n) is 5.07. The first kappa shape index (κ1) is 29.7. The van der Waals surface area contributed by atoms with Gasteiger partial charge in [0.1, 0.15) is 0 Å². The van der Waals surface area contributed by atoms with Gasteiger partial charge >= 0.3 is 0 Å². The Morgan fingerprint density at radius 1 is 0.500 bits per heavy atom. The summed E-state index contributed by atoms with van der Waals surface area (Å²) in [6.45, 7) is 8.83. The molecule has 0 aliphatic heterocycles. The highest BCUT2D eigenvalue weighted by Crippen LogP contribution is 2.25. The molecule has 0 unspecified atom stereocenters. The molecular formula is C32H48N2O2. The van der Waals surface area contributed by atoms with Gasteiger partial charge in [0.15, 0.2) is 12.6 Å². The largest absolute Gasteiger partial charge is 0.345 e. The van der Waals surface area contributed by atoms with Crippen molar-refractivity contribution in [3.63, 3.8) is 0 Å². The quantitative estimate of drug-likeness (QED) is 0.125. The van der Waals surface area contributed by atoms with Gasteiger partial charge in [-0.3, -0.25) is 9.59 Å². The Balaban J connectivity index is 2.49. The first-order valence-electron chi connectivity index (χ1n) is 14.5. The normalized spacial score (nSPS) is 10.9. The first-order chi connectivity index (χ1) is 17.6.